The van der Waals surface area contributed by atoms with Crippen molar-refractivity contribution >= 4 is 30.0 Å². The third-order valence-corrected chi connectivity index (χ3v) is 9.68. The van der Waals surface area contributed by atoms with Crippen LogP contribution in [0.4, 0.5) is 0 Å². The van der Waals surface area contributed by atoms with E-state index in [-0.39, 0.29) is 0 Å². The Morgan fingerprint density at radius 3 is 2.58 bits per heavy atom. The monoisotopic (exact) mass is 298 g/mol. The van der Waals surface area contributed by atoms with E-state index in [1.165, 1.54) is 3.61 Å². The average molecular weight is 296 g/mol. The summed E-state index contributed by atoms with van der Waals surface area (Å²) in [6.07, 6.45) is 2.02. The van der Waals surface area contributed by atoms with Crippen LogP contribution in [0.3, 0.4) is 0 Å². The van der Waals surface area contributed by atoms with Crippen molar-refractivity contribution in [1.29, 1.82) is 0 Å². The molecule has 0 aliphatic carbocycles. The first-order valence-corrected chi connectivity index (χ1v) is 10.1. The van der Waals surface area contributed by atoms with E-state index in [0.717, 1.165) is 0 Å². The van der Waals surface area contributed by atoms with Gasteiger partial charge in [-0.2, -0.15) is 0 Å². The van der Waals surface area contributed by atoms with Crippen LogP contribution in [0.5, 0.6) is 0 Å². The van der Waals surface area contributed by atoms with Crippen LogP contribution < -0.4 is 3.61 Å². The molecule has 0 radical (unpaired) electrons. The summed E-state index contributed by atoms with van der Waals surface area (Å²) in [5.41, 5.74) is 0. The number of rotatable bonds is 1. The molecule has 64 valence electrons. The zero-order chi connectivity index (χ0) is 8.44. The van der Waals surface area contributed by atoms with E-state index in [0.29, 0.717) is 6.61 Å². The van der Waals surface area contributed by atoms with Crippen molar-refractivity contribution < 1.29 is 3.10 Å². The third kappa shape index (κ3) is 1.53. The SMILES string of the molecule is Cl[Te]1(c2ccccc2)C=CCO1. The molecular weight excluding hydrogens is 287 g/mol. The Kier molecular flexibility index (Phi) is 2.43. The summed E-state index contributed by atoms with van der Waals surface area (Å²) in [7, 11) is 6.38. The van der Waals surface area contributed by atoms with Gasteiger partial charge in [-0.25, -0.2) is 0 Å². The minimum absolute atomic E-state index is 0.680. The van der Waals surface area contributed by atoms with Crippen molar-refractivity contribution in [3.05, 3.63) is 40.5 Å². The fourth-order valence-electron chi connectivity index (χ4n) is 1.09. The minimum atomic E-state index is -2.70. The first kappa shape index (κ1) is 8.59. The molecule has 0 N–H and O–H groups in total. The Morgan fingerprint density at radius 2 is 2.00 bits per heavy atom. The van der Waals surface area contributed by atoms with Gasteiger partial charge in [-0.15, -0.1) is 0 Å². The second kappa shape index (κ2) is 3.39. The van der Waals surface area contributed by atoms with Gasteiger partial charge in [-0.1, -0.05) is 0 Å². The predicted octanol–water partition coefficient (Wildman–Crippen LogP) is 1.70. The Bertz CT molecular complexity index is 299. The first-order valence-electron chi connectivity index (χ1n) is 3.70. The van der Waals surface area contributed by atoms with E-state index in [4.69, 9.17) is 12.1 Å². The summed E-state index contributed by atoms with van der Waals surface area (Å²) in [6.45, 7) is 0.680. The maximum absolute atomic E-state index is 6.38. The molecule has 1 aliphatic heterocycles. The Labute approximate surface area is 80.1 Å². The molecule has 12 heavy (non-hydrogen) atoms. The molecule has 2 rings (SSSR count). The maximum atomic E-state index is 6.38. The molecule has 3 heteroatoms. The zero-order valence-corrected chi connectivity index (χ0v) is 9.53. The molecular formula is C9H9ClOTe. The molecule has 0 spiro atoms. The van der Waals surface area contributed by atoms with Crippen LogP contribution in [0.25, 0.3) is 0 Å². The predicted molar refractivity (Wildman–Crippen MR) is 52.8 cm³/mol. The van der Waals surface area contributed by atoms with Crippen molar-refractivity contribution in [2.45, 2.75) is 0 Å². The summed E-state index contributed by atoms with van der Waals surface area (Å²) >= 11 is -2.70. The van der Waals surface area contributed by atoms with Gasteiger partial charge in [-0.3, -0.25) is 0 Å². The van der Waals surface area contributed by atoms with Crippen LogP contribution in [-0.4, -0.2) is 24.1 Å². The molecule has 0 aromatic heterocycles. The van der Waals surface area contributed by atoms with Gasteiger partial charge in [0, 0.05) is 0 Å². The molecule has 1 atom stereocenters. The van der Waals surface area contributed by atoms with Crippen molar-refractivity contribution in [2.75, 3.05) is 6.61 Å². The van der Waals surface area contributed by atoms with Gasteiger partial charge in [0.25, 0.3) is 0 Å². The average Bonchev–Trinajstić information content (AvgIpc) is 2.55. The van der Waals surface area contributed by atoms with Crippen LogP contribution in [0, 0.1) is 0 Å². The van der Waals surface area contributed by atoms with Gasteiger partial charge in [0.15, 0.2) is 0 Å². The van der Waals surface area contributed by atoms with Crippen molar-refractivity contribution in [3.8, 4) is 0 Å². The van der Waals surface area contributed by atoms with Gasteiger partial charge >= 0.3 is 80.3 Å². The first-order chi connectivity index (χ1) is 5.81. The van der Waals surface area contributed by atoms with Crippen LogP contribution >= 0.6 is 8.96 Å². The van der Waals surface area contributed by atoms with Crippen LogP contribution in [0.15, 0.2) is 40.5 Å². The summed E-state index contributed by atoms with van der Waals surface area (Å²) in [6, 6.07) is 10.1. The van der Waals surface area contributed by atoms with Gasteiger partial charge < -0.3 is 0 Å². The van der Waals surface area contributed by atoms with E-state index < -0.39 is 17.5 Å². The van der Waals surface area contributed by atoms with Crippen LogP contribution in [0.1, 0.15) is 0 Å². The number of hydrogen-bond acceptors (Lipinski definition) is 1. The van der Waals surface area contributed by atoms with Gasteiger partial charge in [-0.05, 0) is 0 Å². The van der Waals surface area contributed by atoms with E-state index >= 15 is 0 Å². The summed E-state index contributed by atoms with van der Waals surface area (Å²) < 4.78 is 8.82. The van der Waals surface area contributed by atoms with E-state index in [9.17, 15) is 0 Å². The van der Waals surface area contributed by atoms with E-state index in [1.807, 2.05) is 36.4 Å². The quantitative estimate of drug-likeness (QED) is 0.717. The van der Waals surface area contributed by atoms with Crippen LogP contribution in [0.2, 0.25) is 0 Å². The zero-order valence-electron chi connectivity index (χ0n) is 6.44. The third-order valence-electron chi connectivity index (χ3n) is 1.67. The topological polar surface area (TPSA) is 9.23 Å². The molecule has 1 aromatic rings. The van der Waals surface area contributed by atoms with Crippen molar-refractivity contribution in [2.24, 2.45) is 0 Å². The second-order valence-electron chi connectivity index (χ2n) is 2.50. The van der Waals surface area contributed by atoms with E-state index in [2.05, 4.69) is 4.12 Å². The molecule has 1 aromatic carbocycles. The number of halogens is 1. The molecule has 1 aliphatic rings. The molecule has 0 saturated carbocycles. The van der Waals surface area contributed by atoms with Gasteiger partial charge in [0.1, 0.15) is 0 Å². The number of hydrogen-bond donors (Lipinski definition) is 0. The summed E-state index contributed by atoms with van der Waals surface area (Å²) in [5, 5.41) is 0. The Morgan fingerprint density at radius 1 is 1.25 bits per heavy atom. The molecule has 1 nitrogen and oxygen atoms in total. The van der Waals surface area contributed by atoms with Gasteiger partial charge in [0.2, 0.25) is 0 Å². The standard InChI is InChI=1S/C9H9ClOTe/c10-12(8-4-7-11-12)9-5-2-1-3-6-9/h1-6,8H,7H2. The summed E-state index contributed by atoms with van der Waals surface area (Å²) in [4.78, 5) is 0. The van der Waals surface area contributed by atoms with Crippen LogP contribution in [-0.2, 0) is 3.10 Å². The Balaban J connectivity index is 2.36. The van der Waals surface area contributed by atoms with Gasteiger partial charge in [0.05, 0.1) is 0 Å². The molecule has 0 fully saturated rings. The molecule has 0 saturated heterocycles. The van der Waals surface area contributed by atoms with Crippen molar-refractivity contribution in [3.63, 3.8) is 0 Å². The fourth-order valence-corrected chi connectivity index (χ4v) is 6.91. The number of benzene rings is 1. The Hall–Kier alpha value is -0.000390. The molecule has 0 bridgehead atoms. The summed E-state index contributed by atoms with van der Waals surface area (Å²) in [5.74, 6) is 0. The second-order valence-corrected chi connectivity index (χ2v) is 11.4. The molecule has 1 unspecified atom stereocenters. The van der Waals surface area contributed by atoms with Crippen molar-refractivity contribution in [1.82, 2.24) is 0 Å². The molecule has 0 amide bonds. The van der Waals surface area contributed by atoms with E-state index in [1.54, 1.807) is 0 Å². The normalized spacial score (nSPS) is 33.1. The molecule has 1 heterocycles. The fraction of sp³-hybridized carbons (Fsp3) is 0.111.